The van der Waals surface area contributed by atoms with E-state index in [-0.39, 0.29) is 23.3 Å². The van der Waals surface area contributed by atoms with Gasteiger partial charge in [-0.2, -0.15) is 0 Å². The molecule has 0 unspecified atom stereocenters. The number of rotatable bonds is 7. The lowest BCUT2D eigenvalue weighted by Gasteiger charge is -2.21. The van der Waals surface area contributed by atoms with Crippen molar-refractivity contribution in [2.24, 2.45) is 0 Å². The summed E-state index contributed by atoms with van der Waals surface area (Å²) in [5.41, 5.74) is 1.74. The Bertz CT molecular complexity index is 1030. The van der Waals surface area contributed by atoms with E-state index >= 15 is 0 Å². The third-order valence-electron chi connectivity index (χ3n) is 4.41. The van der Waals surface area contributed by atoms with Crippen LogP contribution in [0.1, 0.15) is 36.2 Å². The molecular weight excluding hydrogens is 388 g/mol. The number of Topliss-reactive ketones (excluding diaryl/α,β-unsaturated/α-hetero) is 1. The van der Waals surface area contributed by atoms with Crippen molar-refractivity contribution in [3.05, 3.63) is 39.8 Å². The molecule has 0 saturated heterocycles. The average Bonchev–Trinajstić information content (AvgIpc) is 3.11. The second kappa shape index (κ2) is 7.51. The number of benzene rings is 1. The number of carbonyl (C=O) groups is 1. The molecule has 27 heavy (non-hydrogen) atoms. The monoisotopic (exact) mass is 410 g/mol. The lowest BCUT2D eigenvalue weighted by atomic mass is 10.0. The van der Waals surface area contributed by atoms with E-state index in [0.29, 0.717) is 29.4 Å². The number of anilines is 1. The number of hydrogen-bond acceptors (Lipinski definition) is 6. The van der Waals surface area contributed by atoms with E-state index in [1.165, 1.54) is 26.9 Å². The number of ketones is 1. The molecule has 2 aromatic rings. The summed E-state index contributed by atoms with van der Waals surface area (Å²) in [6, 6.07) is 4.95. The van der Waals surface area contributed by atoms with Gasteiger partial charge in [0.2, 0.25) is 10.0 Å². The summed E-state index contributed by atoms with van der Waals surface area (Å²) in [5, 5.41) is 6.87. The van der Waals surface area contributed by atoms with Gasteiger partial charge in [0.1, 0.15) is 0 Å². The Hall–Kier alpha value is -2.07. The summed E-state index contributed by atoms with van der Waals surface area (Å²) in [5.74, 6) is 0.0600. The molecule has 1 aromatic carbocycles. The summed E-state index contributed by atoms with van der Waals surface area (Å²) >= 11 is 1.21. The first-order valence-corrected chi connectivity index (χ1v) is 11.5. The molecule has 1 aromatic heterocycles. The third kappa shape index (κ3) is 3.96. The molecule has 0 bridgehead atoms. The second-order valence-electron chi connectivity index (χ2n) is 6.63. The van der Waals surface area contributed by atoms with Crippen molar-refractivity contribution in [3.8, 4) is 0 Å². The zero-order valence-corrected chi connectivity index (χ0v) is 17.1. The average molecular weight is 411 g/mol. The molecule has 1 N–H and O–H groups in total. The van der Waals surface area contributed by atoms with Crippen LogP contribution in [0.5, 0.6) is 0 Å². The molecule has 1 aliphatic heterocycles. The summed E-state index contributed by atoms with van der Waals surface area (Å²) in [6.07, 6.45) is 2.56. The van der Waals surface area contributed by atoms with Gasteiger partial charge in [0.25, 0.3) is 0 Å². The molecule has 8 nitrogen and oxygen atoms in total. The standard InChI is InChI=1S/C17H22N4O4S2/c1-4-7-20-16(23)18-19-17(20)26-10-15(22)12-5-6-14-13(9-12)8-11(2)21(14)27(3,24)25/h5-6,9,11H,4,7-8,10H2,1-3H3,(H,18,23)/t11-/m1/s1. The van der Waals surface area contributed by atoms with E-state index in [0.717, 1.165) is 12.0 Å². The number of aromatic nitrogens is 3. The Morgan fingerprint density at radius 3 is 2.81 bits per heavy atom. The topological polar surface area (TPSA) is 105 Å². The molecule has 10 heteroatoms. The van der Waals surface area contributed by atoms with Gasteiger partial charge < -0.3 is 0 Å². The number of nitrogens with one attached hydrogen (secondary N) is 1. The number of H-pyrrole nitrogens is 1. The van der Waals surface area contributed by atoms with E-state index < -0.39 is 10.0 Å². The Morgan fingerprint density at radius 1 is 1.41 bits per heavy atom. The Morgan fingerprint density at radius 2 is 2.15 bits per heavy atom. The first kappa shape index (κ1) is 19.7. The number of thioether (sulfide) groups is 1. The minimum absolute atomic E-state index is 0.0910. The van der Waals surface area contributed by atoms with E-state index in [1.54, 1.807) is 18.2 Å². The van der Waals surface area contributed by atoms with Crippen LogP contribution in [-0.2, 0) is 23.0 Å². The second-order valence-corrected chi connectivity index (χ2v) is 9.43. The highest BCUT2D eigenvalue weighted by atomic mass is 32.2. The Balaban J connectivity index is 1.76. The van der Waals surface area contributed by atoms with E-state index in [1.807, 2.05) is 13.8 Å². The summed E-state index contributed by atoms with van der Waals surface area (Å²) in [7, 11) is -3.35. The Kier molecular flexibility index (Phi) is 5.48. The van der Waals surface area contributed by atoms with E-state index in [2.05, 4.69) is 10.2 Å². The van der Waals surface area contributed by atoms with Gasteiger partial charge in [0.15, 0.2) is 10.9 Å². The van der Waals surface area contributed by atoms with Gasteiger partial charge in [-0.3, -0.25) is 13.7 Å². The van der Waals surface area contributed by atoms with Crippen LogP contribution >= 0.6 is 11.8 Å². The van der Waals surface area contributed by atoms with Crippen LogP contribution in [-0.4, -0.2) is 47.0 Å². The summed E-state index contributed by atoms with van der Waals surface area (Å²) < 4.78 is 26.9. The zero-order valence-electron chi connectivity index (χ0n) is 15.4. The first-order valence-electron chi connectivity index (χ1n) is 8.66. The lowest BCUT2D eigenvalue weighted by molar-refractivity contribution is 0.102. The third-order valence-corrected chi connectivity index (χ3v) is 6.66. The highest BCUT2D eigenvalue weighted by molar-refractivity contribution is 7.99. The van der Waals surface area contributed by atoms with Crippen molar-refractivity contribution in [1.29, 1.82) is 0 Å². The van der Waals surface area contributed by atoms with Crippen LogP contribution < -0.4 is 9.99 Å². The van der Waals surface area contributed by atoms with Crippen LogP contribution in [0, 0.1) is 0 Å². The smallest absolute Gasteiger partial charge is 0.293 e. The number of sulfonamides is 1. The molecule has 1 aliphatic rings. The van der Waals surface area contributed by atoms with Gasteiger partial charge in [-0.15, -0.1) is 5.10 Å². The quantitative estimate of drug-likeness (QED) is 0.550. The molecule has 0 radical (unpaired) electrons. The van der Waals surface area contributed by atoms with E-state index in [9.17, 15) is 18.0 Å². The van der Waals surface area contributed by atoms with Crippen LogP contribution in [0.15, 0.2) is 28.2 Å². The summed E-state index contributed by atoms with van der Waals surface area (Å²) in [4.78, 5) is 24.3. The predicted octanol–water partition coefficient (Wildman–Crippen LogP) is 1.67. The molecule has 3 rings (SSSR count). The van der Waals surface area contributed by atoms with Gasteiger partial charge in [-0.1, -0.05) is 18.7 Å². The number of fused-ring (bicyclic) bond motifs is 1. The van der Waals surface area contributed by atoms with Crippen LogP contribution in [0.4, 0.5) is 5.69 Å². The van der Waals surface area contributed by atoms with Crippen molar-refractivity contribution in [1.82, 2.24) is 14.8 Å². The fraction of sp³-hybridized carbons (Fsp3) is 0.471. The summed E-state index contributed by atoms with van der Waals surface area (Å²) in [6.45, 7) is 4.36. The number of nitrogens with zero attached hydrogens (tertiary/aromatic N) is 3. The highest BCUT2D eigenvalue weighted by Gasteiger charge is 2.32. The van der Waals surface area contributed by atoms with Gasteiger partial charge in [0.05, 0.1) is 17.7 Å². The Labute approximate surface area is 162 Å². The number of hydrogen-bond donors (Lipinski definition) is 1. The normalized spacial score (nSPS) is 16.6. The molecule has 2 heterocycles. The van der Waals surface area contributed by atoms with E-state index in [4.69, 9.17) is 0 Å². The molecule has 0 spiro atoms. The highest BCUT2D eigenvalue weighted by Crippen LogP contribution is 2.35. The van der Waals surface area contributed by atoms with Crippen LogP contribution in [0.2, 0.25) is 0 Å². The molecule has 0 fully saturated rings. The van der Waals surface area contributed by atoms with Crippen molar-refractivity contribution in [2.45, 2.75) is 44.4 Å². The fourth-order valence-corrected chi connectivity index (χ4v) is 5.46. The lowest BCUT2D eigenvalue weighted by Crippen LogP contribution is -2.34. The molecule has 0 aliphatic carbocycles. The van der Waals surface area contributed by atoms with Crippen molar-refractivity contribution < 1.29 is 13.2 Å². The van der Waals surface area contributed by atoms with Crippen molar-refractivity contribution >= 4 is 33.3 Å². The van der Waals surface area contributed by atoms with Crippen LogP contribution in [0.3, 0.4) is 0 Å². The minimum atomic E-state index is -3.35. The number of aromatic amines is 1. The van der Waals surface area contributed by atoms with Gasteiger partial charge >= 0.3 is 5.69 Å². The SMILES string of the molecule is CCCn1c(SCC(=O)c2ccc3c(c2)C[C@@H](C)N3S(C)(=O)=O)n[nH]c1=O. The molecule has 0 saturated carbocycles. The largest absolute Gasteiger partial charge is 0.343 e. The van der Waals surface area contributed by atoms with Crippen molar-refractivity contribution in [2.75, 3.05) is 16.3 Å². The maximum absolute atomic E-state index is 12.6. The van der Waals surface area contributed by atoms with Gasteiger partial charge in [-0.05, 0) is 43.5 Å². The first-order chi connectivity index (χ1) is 12.7. The molecule has 0 amide bonds. The minimum Gasteiger partial charge on any atom is -0.293 e. The molecule has 1 atom stereocenters. The van der Waals surface area contributed by atoms with Crippen LogP contribution in [0.25, 0.3) is 0 Å². The maximum atomic E-state index is 12.6. The number of carbonyl (C=O) groups excluding carboxylic acids is 1. The van der Waals surface area contributed by atoms with Crippen molar-refractivity contribution in [3.63, 3.8) is 0 Å². The van der Waals surface area contributed by atoms with Gasteiger partial charge in [-0.25, -0.2) is 18.3 Å². The van der Waals surface area contributed by atoms with Gasteiger partial charge in [0, 0.05) is 18.2 Å². The molecular formula is C17H22N4O4S2. The maximum Gasteiger partial charge on any atom is 0.343 e. The fourth-order valence-electron chi connectivity index (χ4n) is 3.33. The predicted molar refractivity (Wildman–Crippen MR) is 105 cm³/mol. The zero-order chi connectivity index (χ0) is 19.8. The molecule has 146 valence electrons.